The molecule has 0 aromatic heterocycles. The number of benzene rings is 1. The van der Waals surface area contributed by atoms with Crippen LogP contribution in [0.5, 0.6) is 0 Å². The quantitative estimate of drug-likeness (QED) is 0.756. The summed E-state index contributed by atoms with van der Waals surface area (Å²) in [6, 6.07) is 10.0. The molecule has 3 heteroatoms. The molecule has 0 saturated heterocycles. The Hall–Kier alpha value is -1.61. The molecule has 0 aliphatic heterocycles. The zero-order chi connectivity index (χ0) is 13.9. The topological polar surface area (TPSA) is 49.3 Å². The lowest BCUT2D eigenvalue weighted by Gasteiger charge is -2.08. The van der Waals surface area contributed by atoms with E-state index in [1.165, 1.54) is 0 Å². The molecule has 1 amide bonds. The molecule has 1 aromatic carbocycles. The molecule has 3 nitrogen and oxygen atoms in total. The maximum absolute atomic E-state index is 11.5. The summed E-state index contributed by atoms with van der Waals surface area (Å²) in [7, 11) is 0. The summed E-state index contributed by atoms with van der Waals surface area (Å²) in [5.74, 6) is 0.0426. The lowest BCUT2D eigenvalue weighted by molar-refractivity contribution is -0.121. The van der Waals surface area contributed by atoms with Crippen molar-refractivity contribution in [1.82, 2.24) is 5.32 Å². The van der Waals surface area contributed by atoms with Gasteiger partial charge in [-0.3, -0.25) is 4.79 Å². The second-order valence-corrected chi connectivity index (χ2v) is 4.55. The molecule has 19 heavy (non-hydrogen) atoms. The number of aliphatic hydroxyl groups is 1. The average Bonchev–Trinajstić information content (AvgIpc) is 2.44. The zero-order valence-electron chi connectivity index (χ0n) is 11.5. The summed E-state index contributed by atoms with van der Waals surface area (Å²) in [6.07, 6.45) is 6.31. The highest BCUT2D eigenvalue weighted by Gasteiger charge is 2.02. The van der Waals surface area contributed by atoms with Crippen LogP contribution in [0.15, 0.2) is 36.4 Å². The van der Waals surface area contributed by atoms with Gasteiger partial charge in [0, 0.05) is 13.0 Å². The highest BCUT2D eigenvalue weighted by Crippen LogP contribution is 2.03. The Morgan fingerprint density at radius 2 is 2.11 bits per heavy atom. The van der Waals surface area contributed by atoms with Crippen molar-refractivity contribution in [3.8, 4) is 0 Å². The molecule has 1 aromatic rings. The maximum atomic E-state index is 11.5. The van der Waals surface area contributed by atoms with Crippen LogP contribution < -0.4 is 5.32 Å². The van der Waals surface area contributed by atoms with Crippen LogP contribution in [0.4, 0.5) is 0 Å². The van der Waals surface area contributed by atoms with Crippen molar-refractivity contribution >= 4 is 12.0 Å². The van der Waals surface area contributed by atoms with Gasteiger partial charge >= 0.3 is 0 Å². The zero-order valence-corrected chi connectivity index (χ0v) is 11.5. The van der Waals surface area contributed by atoms with Gasteiger partial charge < -0.3 is 10.4 Å². The van der Waals surface area contributed by atoms with Gasteiger partial charge in [0.25, 0.3) is 0 Å². The molecule has 1 unspecified atom stereocenters. The van der Waals surface area contributed by atoms with Crippen LogP contribution in [0.25, 0.3) is 6.08 Å². The first-order valence-corrected chi connectivity index (χ1v) is 6.88. The fourth-order valence-electron chi connectivity index (χ4n) is 1.67. The number of carbonyl (C=O) groups excluding carboxylic acids is 1. The highest BCUT2D eigenvalue weighted by atomic mass is 16.3. The van der Waals surface area contributed by atoms with E-state index in [2.05, 4.69) is 5.32 Å². The van der Waals surface area contributed by atoms with E-state index >= 15 is 0 Å². The number of allylic oxidation sites excluding steroid dienone is 1. The van der Waals surface area contributed by atoms with Crippen molar-refractivity contribution in [3.05, 3.63) is 42.0 Å². The molecule has 0 saturated carbocycles. The second kappa shape index (κ2) is 9.34. The number of aliphatic hydroxyl groups excluding tert-OH is 1. The Bertz CT molecular complexity index is 387. The monoisotopic (exact) mass is 261 g/mol. The summed E-state index contributed by atoms with van der Waals surface area (Å²) in [4.78, 5) is 11.5. The molecule has 0 bridgehead atoms. The van der Waals surface area contributed by atoms with Crippen LogP contribution >= 0.6 is 0 Å². The predicted molar refractivity (Wildman–Crippen MR) is 78.6 cm³/mol. The Morgan fingerprint density at radius 3 is 2.79 bits per heavy atom. The summed E-state index contributed by atoms with van der Waals surface area (Å²) in [6.45, 7) is 2.48. The van der Waals surface area contributed by atoms with E-state index in [0.717, 1.165) is 18.4 Å². The third-order valence-corrected chi connectivity index (χ3v) is 2.92. The van der Waals surface area contributed by atoms with E-state index in [9.17, 15) is 9.90 Å². The van der Waals surface area contributed by atoms with Crippen molar-refractivity contribution in [1.29, 1.82) is 0 Å². The van der Waals surface area contributed by atoms with E-state index in [1.54, 1.807) is 0 Å². The molecule has 0 spiro atoms. The van der Waals surface area contributed by atoms with E-state index in [-0.39, 0.29) is 12.0 Å². The van der Waals surface area contributed by atoms with Gasteiger partial charge in [-0.15, -0.1) is 0 Å². The minimum atomic E-state index is -0.307. The van der Waals surface area contributed by atoms with Gasteiger partial charge in [-0.1, -0.05) is 49.4 Å². The molecule has 1 rings (SSSR count). The molecule has 0 radical (unpaired) electrons. The van der Waals surface area contributed by atoms with Gasteiger partial charge in [0.05, 0.1) is 6.10 Å². The number of carbonyl (C=O) groups is 1. The number of nitrogens with one attached hydrogen (secondary N) is 1. The van der Waals surface area contributed by atoms with Crippen LogP contribution in [-0.2, 0) is 4.79 Å². The largest absolute Gasteiger partial charge is 0.393 e. The van der Waals surface area contributed by atoms with Crippen LogP contribution in [0, 0.1) is 0 Å². The minimum Gasteiger partial charge on any atom is -0.393 e. The van der Waals surface area contributed by atoms with Crippen molar-refractivity contribution in [2.75, 3.05) is 6.54 Å². The molecule has 1 atom stereocenters. The minimum absolute atomic E-state index is 0.0426. The van der Waals surface area contributed by atoms with E-state index in [1.807, 2.05) is 49.4 Å². The molecular weight excluding hydrogens is 238 g/mol. The third-order valence-electron chi connectivity index (χ3n) is 2.92. The van der Waals surface area contributed by atoms with Gasteiger partial charge in [0.1, 0.15) is 0 Å². The van der Waals surface area contributed by atoms with E-state index in [0.29, 0.717) is 19.4 Å². The summed E-state index contributed by atoms with van der Waals surface area (Å²) in [5, 5.41) is 12.2. The molecule has 0 fully saturated rings. The van der Waals surface area contributed by atoms with Gasteiger partial charge in [0.2, 0.25) is 5.91 Å². The second-order valence-electron chi connectivity index (χ2n) is 4.55. The molecule has 0 heterocycles. The van der Waals surface area contributed by atoms with Crippen molar-refractivity contribution in [2.24, 2.45) is 0 Å². The van der Waals surface area contributed by atoms with Crippen LogP contribution in [-0.4, -0.2) is 23.7 Å². The average molecular weight is 261 g/mol. The first kappa shape index (κ1) is 15.4. The van der Waals surface area contributed by atoms with E-state index < -0.39 is 0 Å². The summed E-state index contributed by atoms with van der Waals surface area (Å²) >= 11 is 0. The first-order valence-electron chi connectivity index (χ1n) is 6.88. The number of hydrogen-bond donors (Lipinski definition) is 2. The van der Waals surface area contributed by atoms with Crippen LogP contribution in [0.3, 0.4) is 0 Å². The summed E-state index contributed by atoms with van der Waals surface area (Å²) < 4.78 is 0. The molecule has 0 aliphatic carbocycles. The normalized spacial score (nSPS) is 12.5. The third kappa shape index (κ3) is 7.42. The molecule has 0 aliphatic rings. The van der Waals surface area contributed by atoms with Crippen molar-refractivity contribution in [2.45, 2.75) is 38.7 Å². The predicted octanol–water partition coefficient (Wildman–Crippen LogP) is 2.76. The lowest BCUT2D eigenvalue weighted by Crippen LogP contribution is -2.26. The molecular formula is C16H23NO2. The van der Waals surface area contributed by atoms with Gasteiger partial charge in [-0.25, -0.2) is 0 Å². The SMILES string of the molecule is CCC(O)CCNC(=O)CC/C=C/c1ccccc1. The Morgan fingerprint density at radius 1 is 1.37 bits per heavy atom. The molecule has 2 N–H and O–H groups in total. The summed E-state index contributed by atoms with van der Waals surface area (Å²) in [5.41, 5.74) is 1.15. The fourth-order valence-corrected chi connectivity index (χ4v) is 1.67. The maximum Gasteiger partial charge on any atom is 0.220 e. The van der Waals surface area contributed by atoms with Crippen molar-refractivity contribution < 1.29 is 9.90 Å². The van der Waals surface area contributed by atoms with Gasteiger partial charge in [-0.05, 0) is 24.8 Å². The number of amides is 1. The van der Waals surface area contributed by atoms with Crippen LogP contribution in [0.2, 0.25) is 0 Å². The van der Waals surface area contributed by atoms with Gasteiger partial charge in [-0.2, -0.15) is 0 Å². The van der Waals surface area contributed by atoms with Gasteiger partial charge in [0.15, 0.2) is 0 Å². The Balaban J connectivity index is 2.12. The standard InChI is InChI=1S/C16H23NO2/c1-2-15(18)12-13-17-16(19)11-7-6-10-14-8-4-3-5-9-14/h3-6,8-10,15,18H,2,7,11-13H2,1H3,(H,17,19)/b10-6+. The van der Waals surface area contributed by atoms with Crippen molar-refractivity contribution in [3.63, 3.8) is 0 Å². The first-order chi connectivity index (χ1) is 9.22. The fraction of sp³-hybridized carbons (Fsp3) is 0.438. The number of hydrogen-bond acceptors (Lipinski definition) is 2. The highest BCUT2D eigenvalue weighted by molar-refractivity contribution is 5.76. The van der Waals surface area contributed by atoms with E-state index in [4.69, 9.17) is 0 Å². The number of rotatable bonds is 8. The lowest BCUT2D eigenvalue weighted by atomic mass is 10.2. The smallest absolute Gasteiger partial charge is 0.220 e. The molecule has 104 valence electrons. The Labute approximate surface area is 115 Å². The van der Waals surface area contributed by atoms with Crippen LogP contribution in [0.1, 0.15) is 38.2 Å². The Kier molecular flexibility index (Phi) is 7.59.